The summed E-state index contributed by atoms with van der Waals surface area (Å²) in [5.41, 5.74) is 10.2. The van der Waals surface area contributed by atoms with E-state index in [0.29, 0.717) is 34.9 Å². The molecule has 0 radical (unpaired) electrons. The van der Waals surface area contributed by atoms with Crippen LogP contribution in [0.1, 0.15) is 56.4 Å². The zero-order chi connectivity index (χ0) is 48.8. The van der Waals surface area contributed by atoms with Crippen molar-refractivity contribution in [3.8, 4) is 22.3 Å². The number of aryl methyl sites for hydroxylation is 6. The van der Waals surface area contributed by atoms with E-state index < -0.39 is 0 Å². The van der Waals surface area contributed by atoms with Crippen LogP contribution in [0.3, 0.4) is 0 Å². The third-order valence-corrected chi connectivity index (χ3v) is 13.8. The summed E-state index contributed by atoms with van der Waals surface area (Å²) in [7, 11) is 3.18. The number of pyridine rings is 2. The number of carbonyl (C=O) groups excluding carboxylic acids is 2. The fraction of sp³-hybridized carbons (Fsp3) is 0.320. The minimum Gasteiger partial charge on any atom is -0.379 e. The van der Waals surface area contributed by atoms with E-state index in [1.165, 1.54) is 31.5 Å². The number of thiazole rings is 2. The Morgan fingerprint density at radius 3 is 1.31 bits per heavy atom. The van der Waals surface area contributed by atoms with Gasteiger partial charge in [-0.25, -0.2) is 19.9 Å². The van der Waals surface area contributed by atoms with Gasteiger partial charge in [-0.05, 0) is 89.1 Å². The van der Waals surface area contributed by atoms with Gasteiger partial charge in [0.25, 0.3) is 11.1 Å². The highest BCUT2D eigenvalue weighted by Crippen LogP contribution is 2.29. The molecule has 0 fully saturated rings. The van der Waals surface area contributed by atoms with Crippen molar-refractivity contribution >= 4 is 67.7 Å². The number of amides is 2. The Labute approximate surface area is 402 Å². The van der Waals surface area contributed by atoms with Crippen molar-refractivity contribution in [3.05, 3.63) is 137 Å². The molecular formula is C50H56N12O4S2. The maximum absolute atomic E-state index is 13.1. The Morgan fingerprint density at radius 1 is 0.559 bits per heavy atom. The molecule has 68 heavy (non-hydrogen) atoms. The largest absolute Gasteiger partial charge is 0.379 e. The van der Waals surface area contributed by atoms with Crippen molar-refractivity contribution in [3.63, 3.8) is 0 Å². The Kier molecular flexibility index (Phi) is 15.2. The zero-order valence-electron chi connectivity index (χ0n) is 39.9. The molecule has 8 rings (SSSR count). The molecule has 16 nitrogen and oxygen atoms in total. The molecule has 0 spiro atoms. The molecule has 0 aliphatic rings. The lowest BCUT2D eigenvalue weighted by molar-refractivity contribution is -0.125. The summed E-state index contributed by atoms with van der Waals surface area (Å²) in [6, 6.07) is 15.4. The minimum atomic E-state index is -0.342. The number of carbonyl (C=O) groups is 2. The van der Waals surface area contributed by atoms with Crippen molar-refractivity contribution in [1.82, 2.24) is 49.7 Å². The quantitative estimate of drug-likeness (QED) is 0.0830. The first-order valence-electron chi connectivity index (χ1n) is 22.2. The number of benzene rings is 2. The summed E-state index contributed by atoms with van der Waals surface area (Å²) < 4.78 is 2.98. The standard InChI is InChI=1S/2C25H28N6O2S/c2*1-14(24(32)26-5)12-31-13-29-21-7-6-18(8-20(21)25(31)33)19-9-22(15(2)27-10-19)28-11-23-16(3)30-17(4)34-23/h2*6-10,13-14,28H,11-12H2,1-5H3,(H,26,32)/t2*14-/m10/s1. The van der Waals surface area contributed by atoms with E-state index in [2.05, 4.69) is 63.3 Å². The fourth-order valence-electron chi connectivity index (χ4n) is 7.75. The maximum atomic E-state index is 13.1. The van der Waals surface area contributed by atoms with Crippen LogP contribution in [-0.4, -0.2) is 64.9 Å². The van der Waals surface area contributed by atoms with Gasteiger partial charge in [0.2, 0.25) is 11.8 Å². The van der Waals surface area contributed by atoms with Crippen LogP contribution < -0.4 is 32.4 Å². The van der Waals surface area contributed by atoms with Gasteiger partial charge in [0.1, 0.15) is 0 Å². The molecule has 0 unspecified atom stereocenters. The van der Waals surface area contributed by atoms with Crippen LogP contribution in [-0.2, 0) is 35.8 Å². The van der Waals surface area contributed by atoms with Crippen LogP contribution in [0, 0.1) is 53.4 Å². The van der Waals surface area contributed by atoms with Crippen molar-refractivity contribution in [2.45, 2.75) is 81.6 Å². The van der Waals surface area contributed by atoms with E-state index in [9.17, 15) is 19.2 Å². The van der Waals surface area contributed by atoms with Crippen LogP contribution >= 0.6 is 22.7 Å². The Bertz CT molecular complexity index is 3070. The molecule has 4 N–H and O–H groups in total. The second kappa shape index (κ2) is 21.2. The van der Waals surface area contributed by atoms with E-state index in [4.69, 9.17) is 0 Å². The molecule has 0 saturated carbocycles. The second-order valence-electron chi connectivity index (χ2n) is 16.8. The second-order valence-corrected chi connectivity index (χ2v) is 19.4. The molecule has 0 aliphatic carbocycles. The lowest BCUT2D eigenvalue weighted by Gasteiger charge is -2.13. The average Bonchev–Trinajstić information content (AvgIpc) is 3.85. The smallest absolute Gasteiger partial charge is 0.261 e. The maximum Gasteiger partial charge on any atom is 0.261 e. The molecule has 2 atom stereocenters. The van der Waals surface area contributed by atoms with Gasteiger partial charge in [0.15, 0.2) is 0 Å². The van der Waals surface area contributed by atoms with Crippen LogP contribution in [0.2, 0.25) is 0 Å². The predicted octanol–water partition coefficient (Wildman–Crippen LogP) is 7.67. The minimum absolute atomic E-state index is 0.116. The van der Waals surface area contributed by atoms with Crippen LogP contribution in [0.15, 0.2) is 83.2 Å². The average molecular weight is 953 g/mol. The van der Waals surface area contributed by atoms with Crippen molar-refractivity contribution in [1.29, 1.82) is 0 Å². The van der Waals surface area contributed by atoms with E-state index in [0.717, 1.165) is 66.4 Å². The SMILES string of the molecule is CNC(=O)[C@@H](C)Cn1cnc2ccc(-c3cnc(C)c(NCc4sc(C)nc4C)c3)cc2c1=O.CNC(=O)[C@H](C)Cn1cnc2ccc(-c3cnc(C)c(NCc4sc(C)nc4C)c3)cc2c1=O. The molecule has 6 heterocycles. The number of aromatic nitrogens is 8. The van der Waals surface area contributed by atoms with Gasteiger partial charge in [0.05, 0.1) is 104 Å². The van der Waals surface area contributed by atoms with Gasteiger partial charge in [-0.1, -0.05) is 26.0 Å². The molecule has 2 aromatic carbocycles. The van der Waals surface area contributed by atoms with Gasteiger partial charge >= 0.3 is 0 Å². The number of anilines is 2. The summed E-state index contributed by atoms with van der Waals surface area (Å²) in [5, 5.41) is 15.3. The summed E-state index contributed by atoms with van der Waals surface area (Å²) in [6.07, 6.45) is 6.63. The highest BCUT2D eigenvalue weighted by atomic mass is 32.1. The fourth-order valence-corrected chi connectivity index (χ4v) is 9.51. The summed E-state index contributed by atoms with van der Waals surface area (Å²) in [6.45, 7) is 17.5. The van der Waals surface area contributed by atoms with E-state index in [-0.39, 0.29) is 47.9 Å². The molecule has 0 saturated heterocycles. The van der Waals surface area contributed by atoms with Gasteiger partial charge < -0.3 is 21.3 Å². The number of hydrogen-bond acceptors (Lipinski definition) is 14. The Hall–Kier alpha value is -7.18. The van der Waals surface area contributed by atoms with Crippen LogP contribution in [0.4, 0.5) is 11.4 Å². The summed E-state index contributed by atoms with van der Waals surface area (Å²) >= 11 is 3.38. The van der Waals surface area contributed by atoms with E-state index >= 15 is 0 Å². The van der Waals surface area contributed by atoms with Crippen molar-refractivity contribution in [2.75, 3.05) is 24.7 Å². The highest BCUT2D eigenvalue weighted by molar-refractivity contribution is 7.12. The molecule has 0 aliphatic heterocycles. The van der Waals surface area contributed by atoms with Gasteiger partial charge in [-0.2, -0.15) is 0 Å². The first-order valence-corrected chi connectivity index (χ1v) is 23.9. The summed E-state index contributed by atoms with van der Waals surface area (Å²) in [5.74, 6) is -0.914. The van der Waals surface area contributed by atoms with Crippen molar-refractivity contribution < 1.29 is 9.59 Å². The normalized spacial score (nSPS) is 12.0. The molecule has 18 heteroatoms. The van der Waals surface area contributed by atoms with Gasteiger partial charge in [-0.3, -0.25) is 38.3 Å². The van der Waals surface area contributed by atoms with Crippen LogP contribution in [0.5, 0.6) is 0 Å². The lowest BCUT2D eigenvalue weighted by Crippen LogP contribution is -2.32. The first kappa shape index (κ1) is 48.7. The number of rotatable bonds is 14. The molecular weight excluding hydrogens is 897 g/mol. The third-order valence-electron chi connectivity index (χ3n) is 11.7. The number of nitrogens with one attached hydrogen (secondary N) is 4. The molecule has 352 valence electrons. The Balaban J connectivity index is 0.000000201. The topological polar surface area (TPSA) is 204 Å². The molecule has 6 aromatic heterocycles. The van der Waals surface area contributed by atoms with Crippen LogP contribution in [0.25, 0.3) is 44.1 Å². The zero-order valence-corrected chi connectivity index (χ0v) is 41.6. The number of fused-ring (bicyclic) bond motifs is 2. The van der Waals surface area contributed by atoms with Crippen molar-refractivity contribution in [2.24, 2.45) is 11.8 Å². The van der Waals surface area contributed by atoms with Gasteiger partial charge in [-0.15, -0.1) is 22.7 Å². The van der Waals surface area contributed by atoms with Gasteiger partial charge in [0, 0.05) is 60.5 Å². The Morgan fingerprint density at radius 2 is 0.956 bits per heavy atom. The third kappa shape index (κ3) is 11.1. The number of nitrogens with zero attached hydrogens (tertiary/aromatic N) is 8. The predicted molar refractivity (Wildman–Crippen MR) is 272 cm³/mol. The lowest BCUT2D eigenvalue weighted by atomic mass is 10.0. The first-order chi connectivity index (χ1) is 32.5. The molecule has 2 amide bonds. The van der Waals surface area contributed by atoms with E-state index in [1.54, 1.807) is 50.6 Å². The molecule has 8 aromatic rings. The number of hydrogen-bond donors (Lipinski definition) is 4. The van der Waals surface area contributed by atoms with E-state index in [1.807, 2.05) is 90.3 Å². The molecule has 0 bridgehead atoms. The highest BCUT2D eigenvalue weighted by Gasteiger charge is 2.17. The summed E-state index contributed by atoms with van der Waals surface area (Å²) in [4.78, 5) is 79.4. The monoisotopic (exact) mass is 952 g/mol.